The Balaban J connectivity index is 1.66. The van der Waals surface area contributed by atoms with E-state index in [-0.39, 0.29) is 6.03 Å². The predicted molar refractivity (Wildman–Crippen MR) is 78.3 cm³/mol. The summed E-state index contributed by atoms with van der Waals surface area (Å²) in [6.45, 7) is 4.19. The van der Waals surface area contributed by atoms with Crippen LogP contribution in [-0.2, 0) is 6.54 Å². The van der Waals surface area contributed by atoms with Gasteiger partial charge in [-0.05, 0) is 17.7 Å². The molecule has 2 heterocycles. The van der Waals surface area contributed by atoms with Gasteiger partial charge in [0.25, 0.3) is 0 Å². The van der Waals surface area contributed by atoms with Gasteiger partial charge in [-0.1, -0.05) is 33.6 Å². The highest BCUT2D eigenvalue weighted by molar-refractivity contribution is 9.10. The number of nitrogens with one attached hydrogen (secondary N) is 1. The largest absolute Gasteiger partial charge is 0.336 e. The molecule has 19 heavy (non-hydrogen) atoms. The quantitative estimate of drug-likeness (QED) is 0.893. The number of carbonyl (C=O) groups excluding carboxylic acids is 1. The summed E-state index contributed by atoms with van der Waals surface area (Å²) in [5.41, 5.74) is 1.13. The van der Waals surface area contributed by atoms with E-state index in [0.29, 0.717) is 6.04 Å². The molecule has 102 valence electrons. The zero-order valence-corrected chi connectivity index (χ0v) is 12.7. The van der Waals surface area contributed by atoms with Gasteiger partial charge in [0.15, 0.2) is 0 Å². The molecule has 0 bridgehead atoms. The fourth-order valence-corrected chi connectivity index (χ4v) is 3.44. The molecule has 2 amide bonds. The summed E-state index contributed by atoms with van der Waals surface area (Å²) in [6.07, 6.45) is 0. The molecule has 6 heteroatoms. The number of hydrogen-bond acceptors (Lipinski definition) is 2. The van der Waals surface area contributed by atoms with Crippen LogP contribution in [0.3, 0.4) is 0 Å². The number of hydrogen-bond donors (Lipinski definition) is 1. The standard InChI is InChI=1S/C13H15BrClN3O/c14-10-2-1-9(12(15)5-10)7-17-3-4-18-11(8-17)6-16-13(18)19/h1-2,5,11H,3-4,6-8H2,(H,16,19). The van der Waals surface area contributed by atoms with Crippen molar-refractivity contribution in [3.8, 4) is 0 Å². The van der Waals surface area contributed by atoms with Gasteiger partial charge in [-0.2, -0.15) is 0 Å². The van der Waals surface area contributed by atoms with E-state index in [2.05, 4.69) is 32.2 Å². The van der Waals surface area contributed by atoms with E-state index in [9.17, 15) is 4.79 Å². The smallest absolute Gasteiger partial charge is 0.317 e. The van der Waals surface area contributed by atoms with Crippen LogP contribution in [0.1, 0.15) is 5.56 Å². The number of carbonyl (C=O) groups is 1. The zero-order valence-electron chi connectivity index (χ0n) is 10.4. The number of rotatable bonds is 2. The number of piperazine rings is 1. The van der Waals surface area contributed by atoms with Crippen LogP contribution in [0, 0.1) is 0 Å². The van der Waals surface area contributed by atoms with Gasteiger partial charge < -0.3 is 10.2 Å². The second kappa shape index (κ2) is 5.31. The third-order valence-corrected chi connectivity index (χ3v) is 4.57. The van der Waals surface area contributed by atoms with Crippen LogP contribution < -0.4 is 5.32 Å². The van der Waals surface area contributed by atoms with Crippen LogP contribution in [0.25, 0.3) is 0 Å². The van der Waals surface area contributed by atoms with Gasteiger partial charge in [-0.25, -0.2) is 4.79 Å². The second-order valence-corrected chi connectivity index (χ2v) is 6.33. The number of fused-ring (bicyclic) bond motifs is 1. The molecule has 1 aromatic carbocycles. The molecule has 1 N–H and O–H groups in total. The summed E-state index contributed by atoms with van der Waals surface area (Å²) < 4.78 is 0.997. The summed E-state index contributed by atoms with van der Waals surface area (Å²) in [5, 5.41) is 3.68. The lowest BCUT2D eigenvalue weighted by Crippen LogP contribution is -2.51. The Bertz CT molecular complexity index is 511. The van der Waals surface area contributed by atoms with Crippen LogP contribution in [0.2, 0.25) is 5.02 Å². The maximum Gasteiger partial charge on any atom is 0.317 e. The Morgan fingerprint density at radius 1 is 1.42 bits per heavy atom. The van der Waals surface area contributed by atoms with Crippen molar-refractivity contribution in [1.29, 1.82) is 0 Å². The molecule has 2 saturated heterocycles. The van der Waals surface area contributed by atoms with Crippen LogP contribution in [-0.4, -0.2) is 48.1 Å². The summed E-state index contributed by atoms with van der Waals surface area (Å²) >= 11 is 9.66. The SMILES string of the molecule is O=C1NCC2CN(Cc3ccc(Br)cc3Cl)CCN12. The maximum atomic E-state index is 11.5. The van der Waals surface area contributed by atoms with Crippen molar-refractivity contribution in [2.24, 2.45) is 0 Å². The monoisotopic (exact) mass is 343 g/mol. The highest BCUT2D eigenvalue weighted by Gasteiger charge is 2.35. The molecule has 4 nitrogen and oxygen atoms in total. The van der Waals surface area contributed by atoms with E-state index in [4.69, 9.17) is 11.6 Å². The second-order valence-electron chi connectivity index (χ2n) is 5.00. The molecule has 0 saturated carbocycles. The van der Waals surface area contributed by atoms with Crippen molar-refractivity contribution in [2.45, 2.75) is 12.6 Å². The molecule has 2 aliphatic heterocycles. The molecule has 2 fully saturated rings. The predicted octanol–water partition coefficient (Wildman–Crippen LogP) is 2.31. The van der Waals surface area contributed by atoms with Crippen LogP contribution in [0.5, 0.6) is 0 Å². The summed E-state index contributed by atoms with van der Waals surface area (Å²) in [6, 6.07) is 6.37. The summed E-state index contributed by atoms with van der Waals surface area (Å²) in [4.78, 5) is 15.8. The van der Waals surface area contributed by atoms with Gasteiger partial charge in [-0.3, -0.25) is 4.90 Å². The minimum Gasteiger partial charge on any atom is -0.336 e. The van der Waals surface area contributed by atoms with Gasteiger partial charge in [0.05, 0.1) is 6.04 Å². The molecule has 1 unspecified atom stereocenters. The van der Waals surface area contributed by atoms with E-state index in [1.165, 1.54) is 0 Å². The third-order valence-electron chi connectivity index (χ3n) is 3.73. The average Bonchev–Trinajstić information content (AvgIpc) is 2.74. The Hall–Kier alpha value is -0.780. The third kappa shape index (κ3) is 2.73. The molecular weight excluding hydrogens is 330 g/mol. The first-order chi connectivity index (χ1) is 9.13. The fraction of sp³-hybridized carbons (Fsp3) is 0.462. The van der Waals surface area contributed by atoms with Crippen molar-refractivity contribution in [3.05, 3.63) is 33.3 Å². The number of benzene rings is 1. The molecule has 2 aliphatic rings. The normalized spacial score (nSPS) is 23.4. The van der Waals surface area contributed by atoms with Gasteiger partial charge >= 0.3 is 6.03 Å². The highest BCUT2D eigenvalue weighted by Crippen LogP contribution is 2.24. The van der Waals surface area contributed by atoms with E-state index in [1.54, 1.807) is 0 Å². The maximum absolute atomic E-state index is 11.5. The van der Waals surface area contributed by atoms with Crippen LogP contribution >= 0.6 is 27.5 Å². The first-order valence-corrected chi connectivity index (χ1v) is 7.51. The van der Waals surface area contributed by atoms with Crippen molar-refractivity contribution in [2.75, 3.05) is 26.2 Å². The van der Waals surface area contributed by atoms with Crippen molar-refractivity contribution in [3.63, 3.8) is 0 Å². The van der Waals surface area contributed by atoms with Gasteiger partial charge in [0, 0.05) is 42.2 Å². The molecule has 3 rings (SSSR count). The van der Waals surface area contributed by atoms with E-state index >= 15 is 0 Å². The van der Waals surface area contributed by atoms with Crippen LogP contribution in [0.4, 0.5) is 4.79 Å². The lowest BCUT2D eigenvalue weighted by atomic mass is 10.1. The highest BCUT2D eigenvalue weighted by atomic mass is 79.9. The van der Waals surface area contributed by atoms with E-state index < -0.39 is 0 Å². The zero-order chi connectivity index (χ0) is 13.4. The molecule has 0 aromatic heterocycles. The van der Waals surface area contributed by atoms with Crippen molar-refractivity contribution in [1.82, 2.24) is 15.1 Å². The fourth-order valence-electron chi connectivity index (χ4n) is 2.70. The molecule has 1 aromatic rings. The minimum absolute atomic E-state index is 0.0753. The molecular formula is C13H15BrClN3O. The number of amides is 2. The number of urea groups is 1. The molecule has 0 spiro atoms. The first kappa shape index (κ1) is 13.2. The lowest BCUT2D eigenvalue weighted by molar-refractivity contribution is 0.116. The van der Waals surface area contributed by atoms with Crippen LogP contribution in [0.15, 0.2) is 22.7 Å². The van der Waals surface area contributed by atoms with Gasteiger partial charge in [0.2, 0.25) is 0 Å². The Morgan fingerprint density at radius 2 is 2.26 bits per heavy atom. The van der Waals surface area contributed by atoms with E-state index in [0.717, 1.165) is 47.8 Å². The van der Waals surface area contributed by atoms with Crippen molar-refractivity contribution < 1.29 is 4.79 Å². The minimum atomic E-state index is 0.0753. The Labute approximate surface area is 125 Å². The van der Waals surface area contributed by atoms with Crippen molar-refractivity contribution >= 4 is 33.6 Å². The molecule has 1 atom stereocenters. The Kier molecular flexibility index (Phi) is 3.69. The first-order valence-electron chi connectivity index (χ1n) is 6.34. The summed E-state index contributed by atoms with van der Waals surface area (Å²) in [5.74, 6) is 0. The van der Waals surface area contributed by atoms with Gasteiger partial charge in [-0.15, -0.1) is 0 Å². The molecule has 0 radical (unpaired) electrons. The molecule has 0 aliphatic carbocycles. The topological polar surface area (TPSA) is 35.6 Å². The van der Waals surface area contributed by atoms with Gasteiger partial charge in [0.1, 0.15) is 0 Å². The lowest BCUT2D eigenvalue weighted by Gasteiger charge is -2.36. The number of nitrogens with zero attached hydrogens (tertiary/aromatic N) is 2. The number of halogens is 2. The average molecular weight is 345 g/mol. The summed E-state index contributed by atoms with van der Waals surface area (Å²) in [7, 11) is 0. The Morgan fingerprint density at radius 3 is 3.05 bits per heavy atom. The van der Waals surface area contributed by atoms with E-state index in [1.807, 2.05) is 17.0 Å².